The van der Waals surface area contributed by atoms with Crippen molar-refractivity contribution in [2.75, 3.05) is 20.1 Å². The lowest BCUT2D eigenvalue weighted by Crippen LogP contribution is -2.44. The van der Waals surface area contributed by atoms with Crippen molar-refractivity contribution in [2.24, 2.45) is 11.8 Å². The van der Waals surface area contributed by atoms with Gasteiger partial charge in [-0.1, -0.05) is 6.42 Å². The predicted octanol–water partition coefficient (Wildman–Crippen LogP) is 2.18. The third-order valence-electron chi connectivity index (χ3n) is 4.42. The maximum Gasteiger partial charge on any atom is 0.391 e. The molecule has 0 radical (unpaired) electrons. The van der Waals surface area contributed by atoms with Crippen molar-refractivity contribution in [3.05, 3.63) is 0 Å². The molecule has 0 aromatic heterocycles. The summed E-state index contributed by atoms with van der Waals surface area (Å²) in [6.45, 7) is 1.62. The lowest BCUT2D eigenvalue weighted by molar-refractivity contribution is -0.187. The van der Waals surface area contributed by atoms with E-state index in [0.717, 1.165) is 19.5 Å². The molecule has 0 aromatic carbocycles. The van der Waals surface area contributed by atoms with Gasteiger partial charge in [-0.25, -0.2) is 0 Å². The van der Waals surface area contributed by atoms with Crippen LogP contribution in [0, 0.1) is 11.8 Å². The fourth-order valence-electron chi connectivity index (χ4n) is 3.15. The average molecular weight is 278 g/mol. The number of nitrogens with zero attached hydrogens (tertiary/aromatic N) is 1. The first-order chi connectivity index (χ1) is 8.89. The first-order valence-electron chi connectivity index (χ1n) is 6.93. The van der Waals surface area contributed by atoms with Crippen LogP contribution in [0.15, 0.2) is 0 Å². The summed E-state index contributed by atoms with van der Waals surface area (Å²) in [5.41, 5.74) is 0. The molecule has 0 spiro atoms. The van der Waals surface area contributed by atoms with E-state index in [9.17, 15) is 18.0 Å². The second-order valence-corrected chi connectivity index (χ2v) is 5.70. The Bertz CT molecular complexity index is 326. The molecule has 0 aromatic rings. The van der Waals surface area contributed by atoms with Crippen molar-refractivity contribution >= 4 is 5.91 Å². The first kappa shape index (κ1) is 14.6. The van der Waals surface area contributed by atoms with Crippen LogP contribution in [0.1, 0.15) is 32.1 Å². The van der Waals surface area contributed by atoms with Gasteiger partial charge in [0.05, 0.1) is 5.92 Å². The molecule has 6 heteroatoms. The van der Waals surface area contributed by atoms with E-state index in [4.69, 9.17) is 0 Å². The standard InChI is InChI=1S/C13H21F3N2O/c1-18(11-5-6-17-8-11)12(19)9-3-2-4-10(7-9)13(14,15)16/h9-11,17H,2-8H2,1H3. The summed E-state index contributed by atoms with van der Waals surface area (Å²) in [6.07, 6.45) is -2.05. The molecule has 110 valence electrons. The maximum atomic E-state index is 12.7. The molecule has 1 heterocycles. The molecule has 2 rings (SSSR count). The number of alkyl halides is 3. The Morgan fingerprint density at radius 3 is 2.58 bits per heavy atom. The quantitative estimate of drug-likeness (QED) is 0.839. The van der Waals surface area contributed by atoms with Crippen LogP contribution in [-0.2, 0) is 4.79 Å². The minimum absolute atomic E-state index is 0.0349. The number of halogens is 3. The Hall–Kier alpha value is -0.780. The summed E-state index contributed by atoms with van der Waals surface area (Å²) in [5, 5.41) is 3.17. The third kappa shape index (κ3) is 3.41. The third-order valence-corrected chi connectivity index (χ3v) is 4.42. The van der Waals surface area contributed by atoms with Crippen LogP contribution < -0.4 is 5.32 Å². The summed E-state index contributed by atoms with van der Waals surface area (Å²) < 4.78 is 38.2. The summed E-state index contributed by atoms with van der Waals surface area (Å²) in [6, 6.07) is 0.138. The topological polar surface area (TPSA) is 32.3 Å². The van der Waals surface area contributed by atoms with Gasteiger partial charge in [-0.2, -0.15) is 13.2 Å². The molecule has 2 aliphatic rings. The normalized spacial score (nSPS) is 32.3. The molecule has 1 N–H and O–H groups in total. The summed E-state index contributed by atoms with van der Waals surface area (Å²) in [4.78, 5) is 13.9. The predicted molar refractivity (Wildman–Crippen MR) is 65.5 cm³/mol. The van der Waals surface area contributed by atoms with Crippen LogP contribution in [0.25, 0.3) is 0 Å². The van der Waals surface area contributed by atoms with E-state index in [1.807, 2.05) is 0 Å². The second-order valence-electron chi connectivity index (χ2n) is 5.70. The van der Waals surface area contributed by atoms with Gasteiger partial charge >= 0.3 is 6.18 Å². The number of amides is 1. The molecule has 19 heavy (non-hydrogen) atoms. The molecule has 3 unspecified atom stereocenters. The minimum atomic E-state index is -4.16. The summed E-state index contributed by atoms with van der Waals surface area (Å²) >= 11 is 0. The SMILES string of the molecule is CN(C(=O)C1CCCC(C(F)(F)F)C1)C1CCNC1. The van der Waals surface area contributed by atoms with Crippen LogP contribution in [0.4, 0.5) is 13.2 Å². The molecule has 3 atom stereocenters. The zero-order valence-corrected chi connectivity index (χ0v) is 11.2. The lowest BCUT2D eigenvalue weighted by Gasteiger charge is -2.34. The fraction of sp³-hybridized carbons (Fsp3) is 0.923. The van der Waals surface area contributed by atoms with Crippen LogP contribution >= 0.6 is 0 Å². The van der Waals surface area contributed by atoms with Crippen LogP contribution in [0.2, 0.25) is 0 Å². The van der Waals surface area contributed by atoms with E-state index < -0.39 is 18.0 Å². The molecule has 1 amide bonds. The van der Waals surface area contributed by atoms with Gasteiger partial charge in [0.25, 0.3) is 0 Å². The van der Waals surface area contributed by atoms with E-state index in [1.165, 1.54) is 0 Å². The van der Waals surface area contributed by atoms with Gasteiger partial charge in [0.1, 0.15) is 0 Å². The van der Waals surface area contributed by atoms with E-state index in [2.05, 4.69) is 5.32 Å². The minimum Gasteiger partial charge on any atom is -0.341 e. The number of hydrogen-bond acceptors (Lipinski definition) is 2. The smallest absolute Gasteiger partial charge is 0.341 e. The van der Waals surface area contributed by atoms with Crippen LogP contribution in [0.3, 0.4) is 0 Å². The average Bonchev–Trinajstić information content (AvgIpc) is 2.90. The molecular weight excluding hydrogens is 257 g/mol. The van der Waals surface area contributed by atoms with E-state index >= 15 is 0 Å². The maximum absolute atomic E-state index is 12.7. The Balaban J connectivity index is 1.94. The van der Waals surface area contributed by atoms with Crippen molar-refractivity contribution in [3.8, 4) is 0 Å². The Kier molecular flexibility index (Phi) is 4.38. The molecule has 2 fully saturated rings. The molecule has 0 bridgehead atoms. The Morgan fingerprint density at radius 2 is 2.00 bits per heavy atom. The molecule has 3 nitrogen and oxygen atoms in total. The van der Waals surface area contributed by atoms with Gasteiger partial charge in [-0.05, 0) is 32.2 Å². The Morgan fingerprint density at radius 1 is 1.26 bits per heavy atom. The number of rotatable bonds is 2. The van der Waals surface area contributed by atoms with E-state index in [-0.39, 0.29) is 24.8 Å². The molecule has 1 saturated heterocycles. The fourth-order valence-corrected chi connectivity index (χ4v) is 3.15. The highest BCUT2D eigenvalue weighted by molar-refractivity contribution is 5.79. The van der Waals surface area contributed by atoms with Crippen molar-refractivity contribution in [3.63, 3.8) is 0 Å². The van der Waals surface area contributed by atoms with Gasteiger partial charge in [0.2, 0.25) is 5.91 Å². The number of nitrogens with one attached hydrogen (secondary N) is 1. The monoisotopic (exact) mass is 278 g/mol. The highest BCUT2D eigenvalue weighted by Crippen LogP contribution is 2.40. The van der Waals surface area contributed by atoms with E-state index in [1.54, 1.807) is 11.9 Å². The number of carbonyl (C=O) groups excluding carboxylic acids is 1. The van der Waals surface area contributed by atoms with Crippen molar-refractivity contribution in [1.82, 2.24) is 10.2 Å². The first-order valence-corrected chi connectivity index (χ1v) is 6.93. The Labute approximate surface area is 111 Å². The highest BCUT2D eigenvalue weighted by Gasteiger charge is 2.44. The molecular formula is C13H21F3N2O. The van der Waals surface area contributed by atoms with Crippen LogP contribution in [-0.4, -0.2) is 43.2 Å². The zero-order chi connectivity index (χ0) is 14.0. The van der Waals surface area contributed by atoms with Gasteiger partial charge in [-0.15, -0.1) is 0 Å². The van der Waals surface area contributed by atoms with Gasteiger partial charge in [-0.3, -0.25) is 4.79 Å². The molecule has 1 saturated carbocycles. The van der Waals surface area contributed by atoms with Gasteiger partial charge in [0, 0.05) is 25.6 Å². The largest absolute Gasteiger partial charge is 0.391 e. The summed E-state index contributed by atoms with van der Waals surface area (Å²) in [5.74, 6) is -1.86. The number of carbonyl (C=O) groups is 1. The van der Waals surface area contributed by atoms with Gasteiger partial charge in [0.15, 0.2) is 0 Å². The van der Waals surface area contributed by atoms with Crippen molar-refractivity contribution in [2.45, 2.75) is 44.3 Å². The van der Waals surface area contributed by atoms with Gasteiger partial charge < -0.3 is 10.2 Å². The van der Waals surface area contributed by atoms with Crippen LogP contribution in [0.5, 0.6) is 0 Å². The number of hydrogen-bond donors (Lipinski definition) is 1. The van der Waals surface area contributed by atoms with E-state index in [0.29, 0.717) is 12.8 Å². The number of likely N-dealkylation sites (N-methyl/N-ethyl adjacent to an activating group) is 1. The van der Waals surface area contributed by atoms with Crippen molar-refractivity contribution in [1.29, 1.82) is 0 Å². The molecule has 1 aliphatic carbocycles. The highest BCUT2D eigenvalue weighted by atomic mass is 19.4. The zero-order valence-electron chi connectivity index (χ0n) is 11.2. The lowest BCUT2D eigenvalue weighted by atomic mass is 9.80. The van der Waals surface area contributed by atoms with Crippen molar-refractivity contribution < 1.29 is 18.0 Å². The molecule has 1 aliphatic heterocycles. The second kappa shape index (κ2) is 5.69. The summed E-state index contributed by atoms with van der Waals surface area (Å²) in [7, 11) is 1.72.